The number of nitrogens with one attached hydrogen (secondary N) is 1. The number of likely N-dealkylation sites (N-methyl/N-ethyl adjacent to an activating group) is 1. The summed E-state index contributed by atoms with van der Waals surface area (Å²) in [6.07, 6.45) is 1.22. The SMILES string of the molecule is CC[C@@H](C(=O)NC)N(CCc1ccccc1)C(=O)COc1cc(C)c(Br)c(C)c1. The van der Waals surface area contributed by atoms with Gasteiger partial charge in [0.15, 0.2) is 6.61 Å². The molecule has 156 valence electrons. The third-order valence-corrected chi connectivity index (χ3v) is 6.14. The van der Waals surface area contributed by atoms with Crippen molar-refractivity contribution in [2.75, 3.05) is 20.2 Å². The van der Waals surface area contributed by atoms with Crippen LogP contribution in [-0.4, -0.2) is 43.0 Å². The van der Waals surface area contributed by atoms with Gasteiger partial charge in [-0.15, -0.1) is 0 Å². The Morgan fingerprint density at radius 3 is 2.31 bits per heavy atom. The van der Waals surface area contributed by atoms with Crippen LogP contribution >= 0.6 is 15.9 Å². The molecule has 0 fully saturated rings. The van der Waals surface area contributed by atoms with Gasteiger partial charge >= 0.3 is 0 Å². The van der Waals surface area contributed by atoms with E-state index < -0.39 is 6.04 Å². The van der Waals surface area contributed by atoms with E-state index in [0.717, 1.165) is 21.2 Å². The second-order valence-corrected chi connectivity index (χ2v) is 7.81. The molecule has 0 aliphatic heterocycles. The van der Waals surface area contributed by atoms with Crippen LogP contribution in [0.3, 0.4) is 0 Å². The molecule has 0 spiro atoms. The summed E-state index contributed by atoms with van der Waals surface area (Å²) < 4.78 is 6.82. The van der Waals surface area contributed by atoms with E-state index in [2.05, 4.69) is 21.2 Å². The van der Waals surface area contributed by atoms with Crippen molar-refractivity contribution in [3.63, 3.8) is 0 Å². The molecular formula is C23H29BrN2O3. The molecule has 1 atom stereocenters. The predicted molar refractivity (Wildman–Crippen MR) is 119 cm³/mol. The van der Waals surface area contributed by atoms with Crippen molar-refractivity contribution in [1.82, 2.24) is 10.2 Å². The van der Waals surface area contributed by atoms with E-state index in [0.29, 0.717) is 25.1 Å². The van der Waals surface area contributed by atoms with Gasteiger partial charge in [-0.3, -0.25) is 9.59 Å². The first kappa shape index (κ1) is 22.9. The number of halogens is 1. The van der Waals surface area contributed by atoms with E-state index in [1.807, 2.05) is 63.2 Å². The molecule has 1 N–H and O–H groups in total. The molecular weight excluding hydrogens is 432 g/mol. The highest BCUT2D eigenvalue weighted by molar-refractivity contribution is 9.10. The fourth-order valence-electron chi connectivity index (χ4n) is 3.28. The van der Waals surface area contributed by atoms with Crippen LogP contribution in [-0.2, 0) is 16.0 Å². The zero-order valence-corrected chi connectivity index (χ0v) is 19.1. The van der Waals surface area contributed by atoms with Gasteiger partial charge in [0.1, 0.15) is 11.8 Å². The van der Waals surface area contributed by atoms with E-state index in [9.17, 15) is 9.59 Å². The third kappa shape index (κ3) is 6.32. The summed E-state index contributed by atoms with van der Waals surface area (Å²) in [5.41, 5.74) is 3.22. The fraction of sp³-hybridized carbons (Fsp3) is 0.391. The molecule has 2 amide bonds. The molecule has 2 rings (SSSR count). The van der Waals surface area contributed by atoms with Crippen molar-refractivity contribution in [3.05, 3.63) is 63.6 Å². The summed E-state index contributed by atoms with van der Waals surface area (Å²) in [6.45, 7) is 6.22. The zero-order chi connectivity index (χ0) is 21.4. The minimum Gasteiger partial charge on any atom is -0.484 e. The lowest BCUT2D eigenvalue weighted by molar-refractivity contribution is -0.142. The topological polar surface area (TPSA) is 58.6 Å². The Labute approximate surface area is 181 Å². The Balaban J connectivity index is 2.13. The molecule has 5 nitrogen and oxygen atoms in total. The lowest BCUT2D eigenvalue weighted by atomic mass is 10.1. The Morgan fingerprint density at radius 1 is 1.14 bits per heavy atom. The molecule has 0 unspecified atom stereocenters. The van der Waals surface area contributed by atoms with Crippen molar-refractivity contribution in [3.8, 4) is 5.75 Å². The minimum atomic E-state index is -0.520. The molecule has 0 saturated heterocycles. The van der Waals surface area contributed by atoms with Crippen molar-refractivity contribution in [1.29, 1.82) is 0 Å². The maximum atomic E-state index is 13.0. The van der Waals surface area contributed by atoms with Crippen LogP contribution in [0.2, 0.25) is 0 Å². The smallest absolute Gasteiger partial charge is 0.261 e. The quantitative estimate of drug-likeness (QED) is 0.613. The van der Waals surface area contributed by atoms with Gasteiger partial charge in [0, 0.05) is 18.1 Å². The first-order chi connectivity index (χ1) is 13.9. The Hall–Kier alpha value is -2.34. The Kier molecular flexibility index (Phi) is 8.70. The number of rotatable bonds is 9. The summed E-state index contributed by atoms with van der Waals surface area (Å²) in [4.78, 5) is 27.0. The van der Waals surface area contributed by atoms with Crippen LogP contribution in [0.5, 0.6) is 5.75 Å². The van der Waals surface area contributed by atoms with Crippen molar-refractivity contribution in [2.45, 2.75) is 39.7 Å². The van der Waals surface area contributed by atoms with E-state index in [1.54, 1.807) is 11.9 Å². The molecule has 29 heavy (non-hydrogen) atoms. The number of nitrogens with zero attached hydrogens (tertiary/aromatic N) is 1. The summed E-state index contributed by atoms with van der Waals surface area (Å²) >= 11 is 3.54. The highest BCUT2D eigenvalue weighted by Gasteiger charge is 2.27. The summed E-state index contributed by atoms with van der Waals surface area (Å²) in [5, 5.41) is 2.67. The molecule has 0 aliphatic carbocycles. The fourth-order valence-corrected chi connectivity index (χ4v) is 3.51. The molecule has 0 aliphatic rings. The van der Waals surface area contributed by atoms with E-state index in [4.69, 9.17) is 4.74 Å². The number of carbonyl (C=O) groups is 2. The van der Waals surface area contributed by atoms with Crippen LogP contribution in [0.15, 0.2) is 46.9 Å². The molecule has 0 heterocycles. The second-order valence-electron chi connectivity index (χ2n) is 7.02. The second kappa shape index (κ2) is 11.0. The minimum absolute atomic E-state index is 0.108. The van der Waals surface area contributed by atoms with Gasteiger partial charge < -0.3 is 15.0 Å². The van der Waals surface area contributed by atoms with Gasteiger partial charge in [-0.05, 0) is 55.5 Å². The number of hydrogen-bond donors (Lipinski definition) is 1. The number of benzene rings is 2. The summed E-state index contributed by atoms with van der Waals surface area (Å²) in [5.74, 6) is 0.284. The number of hydrogen-bond acceptors (Lipinski definition) is 3. The normalized spacial score (nSPS) is 11.6. The first-order valence-electron chi connectivity index (χ1n) is 9.81. The number of aryl methyl sites for hydroxylation is 2. The lowest BCUT2D eigenvalue weighted by Crippen LogP contribution is -2.50. The van der Waals surface area contributed by atoms with Crippen LogP contribution in [0.25, 0.3) is 0 Å². The maximum absolute atomic E-state index is 13.0. The van der Waals surface area contributed by atoms with Crippen molar-refractivity contribution < 1.29 is 14.3 Å². The van der Waals surface area contributed by atoms with Crippen LogP contribution in [0.4, 0.5) is 0 Å². The monoisotopic (exact) mass is 460 g/mol. The van der Waals surface area contributed by atoms with Gasteiger partial charge in [-0.25, -0.2) is 0 Å². The lowest BCUT2D eigenvalue weighted by Gasteiger charge is -2.30. The van der Waals surface area contributed by atoms with Crippen molar-refractivity contribution >= 4 is 27.7 Å². The van der Waals surface area contributed by atoms with Gasteiger partial charge in [0.05, 0.1) is 0 Å². The molecule has 0 aromatic heterocycles. The van der Waals surface area contributed by atoms with Crippen molar-refractivity contribution in [2.24, 2.45) is 0 Å². The van der Waals surface area contributed by atoms with Gasteiger partial charge in [-0.2, -0.15) is 0 Å². The third-order valence-electron chi connectivity index (χ3n) is 4.89. The average Bonchev–Trinajstić information content (AvgIpc) is 2.73. The van der Waals surface area contributed by atoms with Gasteiger partial charge in [-0.1, -0.05) is 53.2 Å². The molecule has 0 bridgehead atoms. The highest BCUT2D eigenvalue weighted by Crippen LogP contribution is 2.26. The van der Waals surface area contributed by atoms with E-state index in [-0.39, 0.29) is 18.4 Å². The Morgan fingerprint density at radius 2 is 1.76 bits per heavy atom. The van der Waals surface area contributed by atoms with Crippen LogP contribution < -0.4 is 10.1 Å². The van der Waals surface area contributed by atoms with Crippen LogP contribution in [0.1, 0.15) is 30.0 Å². The predicted octanol–water partition coefficient (Wildman–Crippen LogP) is 4.04. The molecule has 2 aromatic carbocycles. The Bertz CT molecular complexity index is 816. The molecule has 6 heteroatoms. The van der Waals surface area contributed by atoms with Gasteiger partial charge in [0.25, 0.3) is 5.91 Å². The number of ether oxygens (including phenoxy) is 1. The summed E-state index contributed by atoms with van der Waals surface area (Å²) in [7, 11) is 1.59. The zero-order valence-electron chi connectivity index (χ0n) is 17.5. The number of carbonyl (C=O) groups excluding carboxylic acids is 2. The van der Waals surface area contributed by atoms with E-state index in [1.165, 1.54) is 0 Å². The average molecular weight is 461 g/mol. The molecule has 0 radical (unpaired) electrons. The largest absolute Gasteiger partial charge is 0.484 e. The maximum Gasteiger partial charge on any atom is 0.261 e. The molecule has 0 saturated carbocycles. The molecule has 2 aromatic rings. The standard InChI is InChI=1S/C23H29BrN2O3/c1-5-20(23(28)25-4)26(12-11-18-9-7-6-8-10-18)21(27)15-29-19-13-16(2)22(24)17(3)14-19/h6-10,13-14,20H,5,11-12,15H2,1-4H3,(H,25,28)/t20-/m0/s1. The van der Waals surface area contributed by atoms with Gasteiger partial charge in [0.2, 0.25) is 5.91 Å². The first-order valence-corrected chi connectivity index (χ1v) is 10.6. The summed E-state index contributed by atoms with van der Waals surface area (Å²) in [6, 6.07) is 13.2. The highest BCUT2D eigenvalue weighted by atomic mass is 79.9. The van der Waals surface area contributed by atoms with Crippen LogP contribution in [0, 0.1) is 13.8 Å². The number of amides is 2. The van der Waals surface area contributed by atoms with E-state index >= 15 is 0 Å².